The van der Waals surface area contributed by atoms with Gasteiger partial charge in [-0.25, -0.2) is 4.79 Å². The second-order valence-corrected chi connectivity index (χ2v) is 4.68. The van der Waals surface area contributed by atoms with Crippen LogP contribution in [-0.2, 0) is 4.74 Å². The first-order chi connectivity index (χ1) is 11.4. The molecule has 7 heteroatoms. The molecular formula is C17H15F3O4. The van der Waals surface area contributed by atoms with Crippen molar-refractivity contribution in [3.8, 4) is 22.6 Å². The summed E-state index contributed by atoms with van der Waals surface area (Å²) in [4.78, 5) is 12.0. The van der Waals surface area contributed by atoms with Crippen LogP contribution in [0.15, 0.2) is 42.5 Å². The summed E-state index contributed by atoms with van der Waals surface area (Å²) in [5.74, 6) is -0.569. The molecule has 0 fully saturated rings. The molecule has 0 bridgehead atoms. The molecule has 0 heterocycles. The molecule has 0 aliphatic rings. The van der Waals surface area contributed by atoms with Crippen molar-refractivity contribution in [2.45, 2.75) is 13.3 Å². The van der Waals surface area contributed by atoms with Crippen LogP contribution in [0.3, 0.4) is 0 Å². The van der Waals surface area contributed by atoms with Crippen molar-refractivity contribution in [1.29, 1.82) is 0 Å². The van der Waals surface area contributed by atoms with Gasteiger partial charge < -0.3 is 14.2 Å². The van der Waals surface area contributed by atoms with E-state index in [2.05, 4.69) is 4.74 Å². The van der Waals surface area contributed by atoms with Crippen LogP contribution in [-0.4, -0.2) is 26.0 Å². The summed E-state index contributed by atoms with van der Waals surface area (Å²) >= 11 is 0. The Kier molecular flexibility index (Phi) is 5.33. The summed E-state index contributed by atoms with van der Waals surface area (Å²) in [6.07, 6.45) is -4.75. The zero-order valence-corrected chi connectivity index (χ0v) is 13.0. The summed E-state index contributed by atoms with van der Waals surface area (Å²) in [7, 11) is 1.41. The molecular weight excluding hydrogens is 325 g/mol. The molecule has 0 spiro atoms. The van der Waals surface area contributed by atoms with E-state index in [1.54, 1.807) is 25.1 Å². The lowest BCUT2D eigenvalue weighted by atomic mass is 10.0. The third kappa shape index (κ3) is 4.18. The van der Waals surface area contributed by atoms with E-state index in [1.165, 1.54) is 31.4 Å². The van der Waals surface area contributed by atoms with Crippen LogP contribution in [0, 0.1) is 0 Å². The van der Waals surface area contributed by atoms with Crippen LogP contribution >= 0.6 is 0 Å². The molecule has 2 rings (SSSR count). The van der Waals surface area contributed by atoms with Crippen LogP contribution in [0.25, 0.3) is 11.1 Å². The predicted octanol–water partition coefficient (Wildman–Crippen LogP) is 4.44. The van der Waals surface area contributed by atoms with Gasteiger partial charge in [0.15, 0.2) is 0 Å². The zero-order chi connectivity index (χ0) is 17.7. The quantitative estimate of drug-likeness (QED) is 0.755. The Morgan fingerprint density at radius 3 is 2.29 bits per heavy atom. The molecule has 24 heavy (non-hydrogen) atoms. The molecule has 128 valence electrons. The lowest BCUT2D eigenvalue weighted by Gasteiger charge is -2.14. The van der Waals surface area contributed by atoms with E-state index in [9.17, 15) is 18.0 Å². The minimum Gasteiger partial charge on any atom is -0.495 e. The van der Waals surface area contributed by atoms with Crippen LogP contribution in [0.1, 0.15) is 17.3 Å². The van der Waals surface area contributed by atoms with Crippen molar-refractivity contribution in [3.05, 3.63) is 48.0 Å². The maximum atomic E-state index is 12.2. The molecule has 2 aromatic rings. The lowest BCUT2D eigenvalue weighted by Crippen LogP contribution is -2.16. The molecule has 0 aromatic heterocycles. The summed E-state index contributed by atoms with van der Waals surface area (Å²) in [5.41, 5.74) is 1.38. The molecule has 0 radical (unpaired) electrons. The van der Waals surface area contributed by atoms with Crippen LogP contribution in [0.2, 0.25) is 0 Å². The number of ether oxygens (including phenoxy) is 3. The average Bonchev–Trinajstić information content (AvgIpc) is 2.53. The van der Waals surface area contributed by atoms with Gasteiger partial charge in [0.25, 0.3) is 0 Å². The van der Waals surface area contributed by atoms with Crippen LogP contribution in [0.5, 0.6) is 11.5 Å². The van der Waals surface area contributed by atoms with E-state index in [1.807, 2.05) is 0 Å². The molecule has 0 N–H and O–H groups in total. The molecule has 0 aliphatic carbocycles. The molecule has 2 aromatic carbocycles. The van der Waals surface area contributed by atoms with Gasteiger partial charge in [-0.15, -0.1) is 13.2 Å². The number of carbonyl (C=O) groups is 1. The van der Waals surface area contributed by atoms with Gasteiger partial charge in [0.05, 0.1) is 13.7 Å². The highest BCUT2D eigenvalue weighted by molar-refractivity contribution is 5.95. The van der Waals surface area contributed by atoms with Crippen molar-refractivity contribution in [2.75, 3.05) is 13.7 Å². The van der Waals surface area contributed by atoms with Crippen molar-refractivity contribution in [3.63, 3.8) is 0 Å². The molecule has 0 atom stereocenters. The zero-order valence-electron chi connectivity index (χ0n) is 13.0. The lowest BCUT2D eigenvalue weighted by molar-refractivity contribution is -0.274. The second-order valence-electron chi connectivity index (χ2n) is 4.68. The van der Waals surface area contributed by atoms with E-state index in [0.717, 1.165) is 0 Å². The number of para-hydroxylation sites is 1. The Hall–Kier alpha value is -2.70. The van der Waals surface area contributed by atoms with Crippen molar-refractivity contribution < 1.29 is 32.2 Å². The van der Waals surface area contributed by atoms with Crippen LogP contribution in [0.4, 0.5) is 13.2 Å². The Labute approximate surface area is 136 Å². The fourth-order valence-corrected chi connectivity index (χ4v) is 2.19. The first-order valence-electron chi connectivity index (χ1n) is 7.06. The van der Waals surface area contributed by atoms with E-state index in [-0.39, 0.29) is 17.9 Å². The van der Waals surface area contributed by atoms with Crippen LogP contribution < -0.4 is 9.47 Å². The number of esters is 1. The van der Waals surface area contributed by atoms with Crippen molar-refractivity contribution >= 4 is 5.97 Å². The number of alkyl halides is 3. The van der Waals surface area contributed by atoms with Gasteiger partial charge in [-0.1, -0.05) is 24.3 Å². The van der Waals surface area contributed by atoms with E-state index in [4.69, 9.17) is 9.47 Å². The largest absolute Gasteiger partial charge is 0.573 e. The van der Waals surface area contributed by atoms with E-state index in [0.29, 0.717) is 16.9 Å². The number of methoxy groups -OCH3 is 1. The molecule has 0 unspecified atom stereocenters. The van der Waals surface area contributed by atoms with Gasteiger partial charge in [0.1, 0.15) is 17.1 Å². The third-order valence-corrected chi connectivity index (χ3v) is 3.11. The molecule has 0 saturated carbocycles. The highest BCUT2D eigenvalue weighted by Gasteiger charge is 2.31. The highest BCUT2D eigenvalue weighted by Crippen LogP contribution is 2.35. The van der Waals surface area contributed by atoms with Gasteiger partial charge in [-0.05, 0) is 30.7 Å². The Balaban J connectivity index is 2.38. The van der Waals surface area contributed by atoms with E-state index < -0.39 is 12.3 Å². The average molecular weight is 340 g/mol. The number of hydrogen-bond donors (Lipinski definition) is 0. The van der Waals surface area contributed by atoms with Gasteiger partial charge in [0, 0.05) is 5.56 Å². The minimum atomic E-state index is -4.75. The third-order valence-electron chi connectivity index (χ3n) is 3.11. The molecule has 0 amide bonds. The SMILES string of the molecule is CCOC(=O)c1cccc(-c2ccc(OC(F)(F)F)cc2)c1OC. The first kappa shape index (κ1) is 17.7. The van der Waals surface area contributed by atoms with Crippen molar-refractivity contribution in [2.24, 2.45) is 0 Å². The normalized spacial score (nSPS) is 11.0. The standard InChI is InChI=1S/C17H15F3O4/c1-3-23-16(21)14-6-4-5-13(15(14)22-2)11-7-9-12(10-8-11)24-17(18,19)20/h4-10H,3H2,1-2H3. The number of hydrogen-bond acceptors (Lipinski definition) is 4. The van der Waals surface area contributed by atoms with Gasteiger partial charge in [-0.2, -0.15) is 0 Å². The number of halogens is 3. The highest BCUT2D eigenvalue weighted by atomic mass is 19.4. The maximum Gasteiger partial charge on any atom is 0.573 e. The Bertz CT molecular complexity index is 709. The van der Waals surface area contributed by atoms with Gasteiger partial charge >= 0.3 is 12.3 Å². The summed E-state index contributed by atoms with van der Waals surface area (Å²) in [6.45, 7) is 1.91. The topological polar surface area (TPSA) is 44.8 Å². The first-order valence-corrected chi connectivity index (χ1v) is 7.06. The second kappa shape index (κ2) is 7.25. The summed E-state index contributed by atoms with van der Waals surface area (Å²) < 4.78 is 50.7. The van der Waals surface area contributed by atoms with Gasteiger partial charge in [0.2, 0.25) is 0 Å². The van der Waals surface area contributed by atoms with Crippen molar-refractivity contribution in [1.82, 2.24) is 0 Å². The minimum absolute atomic E-state index is 0.218. The molecule has 0 aliphatic heterocycles. The van der Waals surface area contributed by atoms with Gasteiger partial charge in [-0.3, -0.25) is 0 Å². The summed E-state index contributed by atoms with van der Waals surface area (Å²) in [5, 5.41) is 0. The fraction of sp³-hybridized carbons (Fsp3) is 0.235. The molecule has 0 saturated heterocycles. The Morgan fingerprint density at radius 1 is 1.08 bits per heavy atom. The molecule has 4 nitrogen and oxygen atoms in total. The monoisotopic (exact) mass is 340 g/mol. The fourth-order valence-electron chi connectivity index (χ4n) is 2.19. The van der Waals surface area contributed by atoms with E-state index >= 15 is 0 Å². The number of carbonyl (C=O) groups excluding carboxylic acids is 1. The smallest absolute Gasteiger partial charge is 0.495 e. The predicted molar refractivity (Wildman–Crippen MR) is 81.1 cm³/mol. The maximum absolute atomic E-state index is 12.2. The number of benzene rings is 2. The Morgan fingerprint density at radius 2 is 1.75 bits per heavy atom. The summed E-state index contributed by atoms with van der Waals surface area (Å²) in [6, 6.07) is 10.2. The number of rotatable bonds is 5.